The van der Waals surface area contributed by atoms with E-state index in [2.05, 4.69) is 17.0 Å². The fourth-order valence-corrected chi connectivity index (χ4v) is 1.35. The molecule has 2 N–H and O–H groups in total. The van der Waals surface area contributed by atoms with Crippen molar-refractivity contribution < 1.29 is 32.5 Å². The molecule has 8 heteroatoms. The van der Waals surface area contributed by atoms with E-state index in [0.29, 0.717) is 19.8 Å². The van der Waals surface area contributed by atoms with E-state index in [4.69, 9.17) is 9.47 Å². The smallest absolute Gasteiger partial charge is 0.389 e. The van der Waals surface area contributed by atoms with Gasteiger partial charge in [-0.15, -0.1) is 0 Å². The number of ether oxygens (including phenoxy) is 3. The summed E-state index contributed by atoms with van der Waals surface area (Å²) in [6.07, 6.45) is -2.91. The first-order chi connectivity index (χ1) is 9.95. The topological polar surface area (TPSA) is 60.0 Å². The van der Waals surface area contributed by atoms with Gasteiger partial charge in [-0.25, -0.2) is 0 Å². The van der Waals surface area contributed by atoms with Gasteiger partial charge in [0.15, 0.2) is 0 Å². The highest BCUT2D eigenvalue weighted by atomic mass is 19.4. The minimum absolute atomic E-state index is 0.0572. The predicted octanol–water partition coefficient (Wildman–Crippen LogP) is 1.35. The molecule has 128 valence electrons. The van der Waals surface area contributed by atoms with Gasteiger partial charge in [0.05, 0.1) is 32.5 Å². The Balaban J connectivity index is 3.22. The number of nitrogens with one attached hydrogen (secondary N) is 1. The molecule has 0 radical (unpaired) electrons. The van der Waals surface area contributed by atoms with Crippen LogP contribution in [0.1, 0.15) is 19.8 Å². The zero-order chi connectivity index (χ0) is 16.0. The second kappa shape index (κ2) is 13.3. The quantitative estimate of drug-likeness (QED) is 0.474. The average molecular weight is 317 g/mol. The maximum absolute atomic E-state index is 11.8. The molecule has 0 saturated heterocycles. The fourth-order valence-electron chi connectivity index (χ4n) is 1.35. The minimum atomic E-state index is -4.30. The van der Waals surface area contributed by atoms with Crippen molar-refractivity contribution in [1.29, 1.82) is 0 Å². The predicted molar refractivity (Wildman–Crippen MR) is 72.3 cm³/mol. The summed E-state index contributed by atoms with van der Waals surface area (Å²) in [5.74, 6) is 0. The Hall–Kier alpha value is -0.410. The van der Waals surface area contributed by atoms with Crippen LogP contribution in [0, 0.1) is 0 Å². The zero-order valence-corrected chi connectivity index (χ0v) is 12.5. The van der Waals surface area contributed by atoms with Crippen LogP contribution >= 0.6 is 0 Å². The van der Waals surface area contributed by atoms with E-state index < -0.39 is 18.9 Å². The third-order valence-corrected chi connectivity index (χ3v) is 2.39. The summed E-state index contributed by atoms with van der Waals surface area (Å²) in [6, 6.07) is 0. The summed E-state index contributed by atoms with van der Waals surface area (Å²) in [6.45, 7) is 3.03. The molecule has 0 aromatic rings. The average Bonchev–Trinajstić information content (AvgIpc) is 2.40. The first-order valence-corrected chi connectivity index (χ1v) is 7.14. The number of rotatable bonds is 14. The van der Waals surface area contributed by atoms with Gasteiger partial charge in [-0.3, -0.25) is 0 Å². The van der Waals surface area contributed by atoms with Gasteiger partial charge in [0, 0.05) is 19.7 Å². The molecule has 0 heterocycles. The monoisotopic (exact) mass is 317 g/mol. The van der Waals surface area contributed by atoms with Crippen molar-refractivity contribution in [2.75, 3.05) is 52.7 Å². The molecular weight excluding hydrogens is 291 g/mol. The van der Waals surface area contributed by atoms with E-state index in [1.807, 2.05) is 0 Å². The molecular formula is C13H26F3NO4. The summed E-state index contributed by atoms with van der Waals surface area (Å²) in [7, 11) is 0. The van der Waals surface area contributed by atoms with E-state index in [1.165, 1.54) is 0 Å². The lowest BCUT2D eigenvalue weighted by Crippen LogP contribution is -2.33. The number of aliphatic hydroxyl groups is 1. The van der Waals surface area contributed by atoms with Crippen LogP contribution in [0.25, 0.3) is 0 Å². The Morgan fingerprint density at radius 2 is 1.76 bits per heavy atom. The number of alkyl halides is 3. The Bertz CT molecular complexity index is 230. The van der Waals surface area contributed by atoms with Gasteiger partial charge in [-0.05, 0) is 6.42 Å². The maximum atomic E-state index is 11.8. The molecule has 1 atom stereocenters. The summed E-state index contributed by atoms with van der Waals surface area (Å²) in [5.41, 5.74) is 0. The third-order valence-electron chi connectivity index (χ3n) is 2.39. The van der Waals surface area contributed by atoms with Crippen molar-refractivity contribution in [1.82, 2.24) is 5.32 Å². The summed E-state index contributed by atoms with van der Waals surface area (Å²) in [5, 5.41) is 12.3. The van der Waals surface area contributed by atoms with Crippen LogP contribution in [0.15, 0.2) is 0 Å². The molecule has 0 aromatic heterocycles. The highest BCUT2D eigenvalue weighted by molar-refractivity contribution is 4.58. The normalized spacial score (nSPS) is 13.6. The Labute approximate surface area is 123 Å². The number of halogens is 3. The van der Waals surface area contributed by atoms with E-state index in [1.54, 1.807) is 0 Å². The molecule has 0 aromatic carbocycles. The van der Waals surface area contributed by atoms with E-state index in [0.717, 1.165) is 12.8 Å². The van der Waals surface area contributed by atoms with Crippen LogP contribution in [0.4, 0.5) is 13.2 Å². The van der Waals surface area contributed by atoms with Crippen LogP contribution in [0.5, 0.6) is 0 Å². The van der Waals surface area contributed by atoms with Crippen molar-refractivity contribution in [2.24, 2.45) is 0 Å². The Kier molecular flexibility index (Phi) is 13.0. The van der Waals surface area contributed by atoms with Gasteiger partial charge in [0.25, 0.3) is 0 Å². The second-order valence-corrected chi connectivity index (χ2v) is 4.57. The molecule has 0 fully saturated rings. The minimum Gasteiger partial charge on any atom is -0.389 e. The first kappa shape index (κ1) is 20.6. The zero-order valence-electron chi connectivity index (χ0n) is 12.5. The van der Waals surface area contributed by atoms with Crippen molar-refractivity contribution in [3.05, 3.63) is 0 Å². The Morgan fingerprint density at radius 3 is 2.43 bits per heavy atom. The fraction of sp³-hybridized carbons (Fsp3) is 1.00. The first-order valence-electron chi connectivity index (χ1n) is 7.14. The Morgan fingerprint density at radius 1 is 1.05 bits per heavy atom. The molecule has 0 aliphatic heterocycles. The lowest BCUT2D eigenvalue weighted by molar-refractivity contribution is -0.173. The van der Waals surface area contributed by atoms with Crippen molar-refractivity contribution in [3.8, 4) is 0 Å². The molecule has 0 aliphatic carbocycles. The van der Waals surface area contributed by atoms with Crippen molar-refractivity contribution in [3.63, 3.8) is 0 Å². The van der Waals surface area contributed by atoms with E-state index in [9.17, 15) is 18.3 Å². The van der Waals surface area contributed by atoms with Crippen LogP contribution < -0.4 is 5.32 Å². The van der Waals surface area contributed by atoms with Gasteiger partial charge in [-0.1, -0.05) is 13.3 Å². The third kappa shape index (κ3) is 17.5. The maximum Gasteiger partial charge on any atom is 0.411 e. The van der Waals surface area contributed by atoms with Crippen molar-refractivity contribution in [2.45, 2.75) is 32.0 Å². The van der Waals surface area contributed by atoms with E-state index >= 15 is 0 Å². The van der Waals surface area contributed by atoms with Gasteiger partial charge in [0.2, 0.25) is 0 Å². The number of hydrogen-bond donors (Lipinski definition) is 2. The molecule has 0 saturated carbocycles. The largest absolute Gasteiger partial charge is 0.411 e. The molecule has 0 rings (SSSR count). The van der Waals surface area contributed by atoms with Crippen molar-refractivity contribution >= 4 is 0 Å². The highest BCUT2D eigenvalue weighted by Gasteiger charge is 2.27. The molecule has 0 bridgehead atoms. The summed E-state index contributed by atoms with van der Waals surface area (Å²) < 4.78 is 50.1. The van der Waals surface area contributed by atoms with Crippen LogP contribution in [0.3, 0.4) is 0 Å². The molecule has 0 amide bonds. The van der Waals surface area contributed by atoms with E-state index in [-0.39, 0.29) is 26.3 Å². The molecule has 0 aliphatic rings. The SMILES string of the molecule is CCCCOCCOCC(O)CNCCOCC(F)(F)F. The lowest BCUT2D eigenvalue weighted by atomic mass is 10.4. The second-order valence-electron chi connectivity index (χ2n) is 4.57. The molecule has 5 nitrogen and oxygen atoms in total. The number of unbranched alkanes of at least 4 members (excludes halogenated alkanes) is 1. The lowest BCUT2D eigenvalue weighted by Gasteiger charge is -2.13. The summed E-state index contributed by atoms with van der Waals surface area (Å²) in [4.78, 5) is 0. The van der Waals surface area contributed by atoms with Crippen LogP contribution in [-0.2, 0) is 14.2 Å². The molecule has 1 unspecified atom stereocenters. The number of hydrogen-bond acceptors (Lipinski definition) is 5. The number of aliphatic hydroxyl groups excluding tert-OH is 1. The van der Waals surface area contributed by atoms with Gasteiger partial charge >= 0.3 is 6.18 Å². The van der Waals surface area contributed by atoms with Gasteiger partial charge in [0.1, 0.15) is 6.61 Å². The highest BCUT2D eigenvalue weighted by Crippen LogP contribution is 2.13. The van der Waals surface area contributed by atoms with Crippen LogP contribution in [0.2, 0.25) is 0 Å². The molecule has 21 heavy (non-hydrogen) atoms. The van der Waals surface area contributed by atoms with Gasteiger partial charge < -0.3 is 24.6 Å². The molecule has 0 spiro atoms. The van der Waals surface area contributed by atoms with Crippen LogP contribution in [-0.4, -0.2) is 70.1 Å². The summed E-state index contributed by atoms with van der Waals surface area (Å²) >= 11 is 0. The standard InChI is InChI=1S/C13H26F3NO4/c1-2-3-5-19-7-8-20-10-12(18)9-17-4-6-21-11-13(14,15)16/h12,17-18H,2-11H2,1H3. The van der Waals surface area contributed by atoms with Gasteiger partial charge in [-0.2, -0.15) is 13.2 Å².